The zero-order valence-electron chi connectivity index (χ0n) is 13.4. The third-order valence-electron chi connectivity index (χ3n) is 5.08. The van der Waals surface area contributed by atoms with E-state index in [0.717, 1.165) is 44.2 Å². The van der Waals surface area contributed by atoms with Gasteiger partial charge in [0.1, 0.15) is 5.82 Å². The van der Waals surface area contributed by atoms with Crippen molar-refractivity contribution in [1.29, 1.82) is 0 Å². The average molecular weight is 320 g/mol. The standard InChI is InChI=1S/C18H25FN2O2/c19-14-3-5-15(6-4-14)20-16-7-11-21(12-8-16)17(22)13-18(23)9-1-2-10-18/h3-6,16,20,23H,1-2,7-13H2. The summed E-state index contributed by atoms with van der Waals surface area (Å²) in [6, 6.07) is 6.68. The number of nitrogens with one attached hydrogen (secondary N) is 1. The minimum absolute atomic E-state index is 0.0784. The van der Waals surface area contributed by atoms with E-state index in [2.05, 4.69) is 5.32 Å². The van der Waals surface area contributed by atoms with Gasteiger partial charge in [-0.05, 0) is 49.9 Å². The van der Waals surface area contributed by atoms with Crippen LogP contribution in [0.2, 0.25) is 0 Å². The SMILES string of the molecule is O=C(CC1(O)CCCC1)N1CCC(Nc2ccc(F)cc2)CC1. The molecule has 5 heteroatoms. The number of amides is 1. The number of hydrogen-bond donors (Lipinski definition) is 2. The van der Waals surface area contributed by atoms with E-state index >= 15 is 0 Å². The zero-order chi connectivity index (χ0) is 16.3. The number of nitrogens with zero attached hydrogens (tertiary/aromatic N) is 1. The molecule has 1 aliphatic heterocycles. The summed E-state index contributed by atoms with van der Waals surface area (Å²) < 4.78 is 12.9. The first-order valence-corrected chi connectivity index (χ1v) is 8.56. The molecule has 0 spiro atoms. The Morgan fingerprint density at radius 2 is 1.83 bits per heavy atom. The smallest absolute Gasteiger partial charge is 0.225 e. The number of hydrogen-bond acceptors (Lipinski definition) is 3. The predicted molar refractivity (Wildman–Crippen MR) is 87.7 cm³/mol. The van der Waals surface area contributed by atoms with Crippen molar-refractivity contribution in [3.8, 4) is 0 Å². The molecule has 1 heterocycles. The van der Waals surface area contributed by atoms with Crippen LogP contribution in [-0.4, -0.2) is 40.6 Å². The molecule has 0 atom stereocenters. The summed E-state index contributed by atoms with van der Waals surface area (Å²) in [4.78, 5) is 14.2. The molecule has 23 heavy (non-hydrogen) atoms. The molecule has 4 nitrogen and oxygen atoms in total. The minimum Gasteiger partial charge on any atom is -0.389 e. The third kappa shape index (κ3) is 4.22. The van der Waals surface area contributed by atoms with E-state index in [-0.39, 0.29) is 18.1 Å². The van der Waals surface area contributed by atoms with Crippen LogP contribution in [0.1, 0.15) is 44.9 Å². The first-order chi connectivity index (χ1) is 11.0. The molecule has 1 amide bonds. The van der Waals surface area contributed by atoms with Gasteiger partial charge in [-0.3, -0.25) is 4.79 Å². The summed E-state index contributed by atoms with van der Waals surface area (Å²) in [7, 11) is 0. The fraction of sp³-hybridized carbons (Fsp3) is 0.611. The van der Waals surface area contributed by atoms with Crippen molar-refractivity contribution < 1.29 is 14.3 Å². The summed E-state index contributed by atoms with van der Waals surface area (Å²) >= 11 is 0. The van der Waals surface area contributed by atoms with Crippen molar-refractivity contribution in [3.05, 3.63) is 30.1 Å². The molecule has 1 saturated heterocycles. The van der Waals surface area contributed by atoms with Gasteiger partial charge < -0.3 is 15.3 Å². The summed E-state index contributed by atoms with van der Waals surface area (Å²) in [5.74, 6) is -0.157. The molecule has 1 aromatic carbocycles. The molecule has 0 radical (unpaired) electrons. The maximum atomic E-state index is 12.9. The highest BCUT2D eigenvalue weighted by atomic mass is 19.1. The molecule has 0 aromatic heterocycles. The van der Waals surface area contributed by atoms with Crippen molar-refractivity contribution >= 4 is 11.6 Å². The number of piperidine rings is 1. The molecular formula is C18H25FN2O2. The monoisotopic (exact) mass is 320 g/mol. The molecular weight excluding hydrogens is 295 g/mol. The second-order valence-electron chi connectivity index (χ2n) is 6.91. The highest BCUT2D eigenvalue weighted by molar-refractivity contribution is 5.77. The normalized spacial score (nSPS) is 21.4. The molecule has 0 unspecified atom stereocenters. The van der Waals surface area contributed by atoms with Crippen molar-refractivity contribution in [2.45, 2.75) is 56.6 Å². The number of rotatable bonds is 4. The Hall–Kier alpha value is -1.62. The lowest BCUT2D eigenvalue weighted by Crippen LogP contribution is -2.45. The van der Waals surface area contributed by atoms with Gasteiger partial charge in [-0.2, -0.15) is 0 Å². The topological polar surface area (TPSA) is 52.6 Å². The fourth-order valence-corrected chi connectivity index (χ4v) is 3.66. The Balaban J connectivity index is 1.46. The maximum Gasteiger partial charge on any atom is 0.225 e. The van der Waals surface area contributed by atoms with Crippen molar-refractivity contribution in [1.82, 2.24) is 4.90 Å². The third-order valence-corrected chi connectivity index (χ3v) is 5.08. The number of halogens is 1. The van der Waals surface area contributed by atoms with Crippen LogP contribution in [0.15, 0.2) is 24.3 Å². The minimum atomic E-state index is -0.764. The Morgan fingerprint density at radius 1 is 1.22 bits per heavy atom. The molecule has 3 rings (SSSR count). The zero-order valence-corrected chi connectivity index (χ0v) is 13.4. The van der Waals surface area contributed by atoms with Gasteiger partial charge >= 0.3 is 0 Å². The molecule has 126 valence electrons. The van der Waals surface area contributed by atoms with E-state index in [1.165, 1.54) is 12.1 Å². The van der Waals surface area contributed by atoms with Crippen LogP contribution in [0.4, 0.5) is 10.1 Å². The van der Waals surface area contributed by atoms with Crippen LogP contribution in [-0.2, 0) is 4.79 Å². The van der Waals surface area contributed by atoms with Gasteiger partial charge in [-0.15, -0.1) is 0 Å². The van der Waals surface area contributed by atoms with E-state index in [4.69, 9.17) is 0 Å². The van der Waals surface area contributed by atoms with Gasteiger partial charge in [0, 0.05) is 24.8 Å². The van der Waals surface area contributed by atoms with E-state index in [9.17, 15) is 14.3 Å². The van der Waals surface area contributed by atoms with Crippen LogP contribution in [0.3, 0.4) is 0 Å². The lowest BCUT2D eigenvalue weighted by atomic mass is 9.96. The average Bonchev–Trinajstić information content (AvgIpc) is 2.96. The van der Waals surface area contributed by atoms with Gasteiger partial charge in [-0.25, -0.2) is 4.39 Å². The first-order valence-electron chi connectivity index (χ1n) is 8.56. The van der Waals surface area contributed by atoms with Crippen LogP contribution >= 0.6 is 0 Å². The van der Waals surface area contributed by atoms with Gasteiger partial charge in [0.05, 0.1) is 12.0 Å². The van der Waals surface area contributed by atoms with E-state index in [1.54, 1.807) is 12.1 Å². The number of likely N-dealkylation sites (tertiary alicyclic amines) is 1. The molecule has 2 aliphatic rings. The number of carbonyl (C=O) groups is 1. The quantitative estimate of drug-likeness (QED) is 0.897. The van der Waals surface area contributed by atoms with Crippen molar-refractivity contribution in [2.24, 2.45) is 0 Å². The van der Waals surface area contributed by atoms with E-state index < -0.39 is 5.60 Å². The number of carbonyl (C=O) groups excluding carboxylic acids is 1. The molecule has 1 aromatic rings. The Labute approximate surface area is 136 Å². The Bertz CT molecular complexity index is 532. The van der Waals surface area contributed by atoms with Crippen LogP contribution in [0, 0.1) is 5.82 Å². The van der Waals surface area contributed by atoms with Gasteiger partial charge in [0.2, 0.25) is 5.91 Å². The second-order valence-corrected chi connectivity index (χ2v) is 6.91. The van der Waals surface area contributed by atoms with Crippen molar-refractivity contribution in [3.63, 3.8) is 0 Å². The fourth-order valence-electron chi connectivity index (χ4n) is 3.66. The van der Waals surface area contributed by atoms with Gasteiger partial charge in [0.25, 0.3) is 0 Å². The molecule has 2 fully saturated rings. The molecule has 1 saturated carbocycles. The summed E-state index contributed by atoms with van der Waals surface area (Å²) in [6.45, 7) is 1.43. The lowest BCUT2D eigenvalue weighted by molar-refractivity contribution is -0.137. The van der Waals surface area contributed by atoms with Crippen LogP contribution in [0.25, 0.3) is 0 Å². The van der Waals surface area contributed by atoms with Gasteiger partial charge in [0.15, 0.2) is 0 Å². The largest absolute Gasteiger partial charge is 0.389 e. The predicted octanol–water partition coefficient (Wildman–Crippen LogP) is 2.92. The second kappa shape index (κ2) is 6.87. The number of aliphatic hydroxyl groups is 1. The van der Waals surface area contributed by atoms with Crippen LogP contribution in [0.5, 0.6) is 0 Å². The summed E-state index contributed by atoms with van der Waals surface area (Å²) in [5, 5.41) is 13.8. The van der Waals surface area contributed by atoms with E-state index in [1.807, 2.05) is 4.90 Å². The molecule has 2 N–H and O–H groups in total. The van der Waals surface area contributed by atoms with E-state index in [0.29, 0.717) is 19.1 Å². The maximum absolute atomic E-state index is 12.9. The molecule has 0 bridgehead atoms. The Kier molecular flexibility index (Phi) is 4.85. The lowest BCUT2D eigenvalue weighted by Gasteiger charge is -2.34. The van der Waals surface area contributed by atoms with Crippen LogP contribution < -0.4 is 5.32 Å². The molecule has 1 aliphatic carbocycles. The Morgan fingerprint density at radius 3 is 2.43 bits per heavy atom. The van der Waals surface area contributed by atoms with Gasteiger partial charge in [-0.1, -0.05) is 12.8 Å². The number of anilines is 1. The highest BCUT2D eigenvalue weighted by Gasteiger charge is 2.35. The summed E-state index contributed by atoms with van der Waals surface area (Å²) in [6.07, 6.45) is 5.57. The summed E-state index contributed by atoms with van der Waals surface area (Å²) in [5.41, 5.74) is 0.150. The first kappa shape index (κ1) is 16.2. The highest BCUT2D eigenvalue weighted by Crippen LogP contribution is 2.33. The number of benzene rings is 1. The van der Waals surface area contributed by atoms with Crippen molar-refractivity contribution in [2.75, 3.05) is 18.4 Å².